The van der Waals surface area contributed by atoms with Crippen LogP contribution >= 0.6 is 0 Å². The standard InChI is InChI=1S/C12H13F2N5/c1-7-4-10(14)11(5-9(7)13)19-12(16-17-18-19)6-15-8-2-3-8/h4-5,8,15H,2-3,6H2,1H3. The van der Waals surface area contributed by atoms with E-state index in [0.717, 1.165) is 25.0 Å². The van der Waals surface area contributed by atoms with Gasteiger partial charge in [0, 0.05) is 12.1 Å². The zero-order valence-electron chi connectivity index (χ0n) is 10.4. The minimum atomic E-state index is -0.543. The van der Waals surface area contributed by atoms with Crippen molar-refractivity contribution in [3.8, 4) is 5.69 Å². The van der Waals surface area contributed by atoms with Gasteiger partial charge in [0.05, 0.1) is 6.54 Å². The van der Waals surface area contributed by atoms with Gasteiger partial charge in [-0.3, -0.25) is 0 Å². The summed E-state index contributed by atoms with van der Waals surface area (Å²) in [5.41, 5.74) is 0.285. The Hall–Kier alpha value is -1.89. The van der Waals surface area contributed by atoms with Gasteiger partial charge >= 0.3 is 0 Å². The van der Waals surface area contributed by atoms with E-state index in [0.29, 0.717) is 18.4 Å². The molecule has 0 atom stereocenters. The molecule has 0 amide bonds. The average Bonchev–Trinajstić information content (AvgIpc) is 3.09. The number of hydrogen-bond donors (Lipinski definition) is 1. The van der Waals surface area contributed by atoms with Crippen LogP contribution in [0, 0.1) is 18.6 Å². The molecular weight excluding hydrogens is 252 g/mol. The summed E-state index contributed by atoms with van der Waals surface area (Å²) in [6.07, 6.45) is 2.27. The van der Waals surface area contributed by atoms with Crippen molar-refractivity contribution in [3.63, 3.8) is 0 Å². The molecule has 1 heterocycles. The van der Waals surface area contributed by atoms with Crippen molar-refractivity contribution < 1.29 is 8.78 Å². The van der Waals surface area contributed by atoms with E-state index in [9.17, 15) is 8.78 Å². The molecule has 5 nitrogen and oxygen atoms in total. The summed E-state index contributed by atoms with van der Waals surface area (Å²) in [5, 5.41) is 14.3. The van der Waals surface area contributed by atoms with Gasteiger partial charge in [-0.05, 0) is 41.8 Å². The van der Waals surface area contributed by atoms with Crippen molar-refractivity contribution in [2.75, 3.05) is 0 Å². The first kappa shape index (κ1) is 12.2. The van der Waals surface area contributed by atoms with E-state index >= 15 is 0 Å². The number of nitrogens with zero attached hydrogens (tertiary/aromatic N) is 4. The van der Waals surface area contributed by atoms with Gasteiger partial charge in [0.2, 0.25) is 0 Å². The van der Waals surface area contributed by atoms with Crippen LogP contribution in [0.3, 0.4) is 0 Å². The summed E-state index contributed by atoms with van der Waals surface area (Å²) in [5.74, 6) is -0.555. The Morgan fingerprint density at radius 3 is 2.84 bits per heavy atom. The zero-order valence-corrected chi connectivity index (χ0v) is 10.4. The zero-order chi connectivity index (χ0) is 13.4. The summed E-state index contributed by atoms with van der Waals surface area (Å²) in [6.45, 7) is 1.95. The van der Waals surface area contributed by atoms with Crippen molar-refractivity contribution in [1.29, 1.82) is 0 Å². The summed E-state index contributed by atoms with van der Waals surface area (Å²) in [6, 6.07) is 2.75. The second kappa shape index (κ2) is 4.65. The fourth-order valence-corrected chi connectivity index (χ4v) is 1.82. The van der Waals surface area contributed by atoms with Gasteiger partial charge in [0.25, 0.3) is 0 Å². The molecule has 0 saturated heterocycles. The first-order valence-corrected chi connectivity index (χ1v) is 6.12. The highest BCUT2D eigenvalue weighted by Crippen LogP contribution is 2.20. The summed E-state index contributed by atoms with van der Waals surface area (Å²) in [7, 11) is 0. The Morgan fingerprint density at radius 2 is 2.11 bits per heavy atom. The fourth-order valence-electron chi connectivity index (χ4n) is 1.82. The number of halogens is 2. The molecule has 1 aliphatic rings. The largest absolute Gasteiger partial charge is 0.307 e. The maximum atomic E-state index is 13.9. The normalized spacial score (nSPS) is 14.9. The van der Waals surface area contributed by atoms with Gasteiger partial charge in [-0.25, -0.2) is 8.78 Å². The molecule has 0 aliphatic heterocycles. The van der Waals surface area contributed by atoms with Gasteiger partial charge in [-0.1, -0.05) is 0 Å². The minimum absolute atomic E-state index is 0.0284. The maximum absolute atomic E-state index is 13.9. The lowest BCUT2D eigenvalue weighted by Crippen LogP contribution is -2.19. The molecule has 0 radical (unpaired) electrons. The van der Waals surface area contributed by atoms with E-state index in [2.05, 4.69) is 20.8 Å². The van der Waals surface area contributed by atoms with E-state index in [1.165, 1.54) is 11.6 Å². The van der Waals surface area contributed by atoms with E-state index in [4.69, 9.17) is 0 Å². The molecule has 3 rings (SSSR count). The highest BCUT2D eigenvalue weighted by molar-refractivity contribution is 5.36. The monoisotopic (exact) mass is 265 g/mol. The SMILES string of the molecule is Cc1cc(F)c(-n2nnnc2CNC2CC2)cc1F. The summed E-state index contributed by atoms with van der Waals surface area (Å²) in [4.78, 5) is 0. The first-order chi connectivity index (χ1) is 9.15. The quantitative estimate of drug-likeness (QED) is 0.910. The number of rotatable bonds is 4. The number of nitrogens with one attached hydrogen (secondary N) is 1. The molecule has 1 saturated carbocycles. The van der Waals surface area contributed by atoms with Crippen LogP contribution in [-0.2, 0) is 6.54 Å². The molecule has 1 fully saturated rings. The molecule has 2 aromatic rings. The van der Waals surface area contributed by atoms with E-state index in [1.807, 2.05) is 0 Å². The lowest BCUT2D eigenvalue weighted by atomic mass is 10.2. The van der Waals surface area contributed by atoms with Crippen molar-refractivity contribution in [1.82, 2.24) is 25.5 Å². The third-order valence-electron chi connectivity index (χ3n) is 3.12. The van der Waals surface area contributed by atoms with Crippen LogP contribution in [0.15, 0.2) is 12.1 Å². The Kier molecular flexibility index (Phi) is 2.98. The molecule has 0 spiro atoms. The molecular formula is C12H13F2N5. The van der Waals surface area contributed by atoms with Gasteiger partial charge in [-0.15, -0.1) is 5.10 Å². The third kappa shape index (κ3) is 2.46. The van der Waals surface area contributed by atoms with Gasteiger partial charge < -0.3 is 5.32 Å². The molecule has 100 valence electrons. The minimum Gasteiger partial charge on any atom is -0.307 e. The van der Waals surface area contributed by atoms with Crippen molar-refractivity contribution in [2.24, 2.45) is 0 Å². The second-order valence-electron chi connectivity index (χ2n) is 4.71. The molecule has 1 aliphatic carbocycles. The molecule has 1 aromatic heterocycles. The molecule has 1 N–H and O–H groups in total. The predicted molar refractivity (Wildman–Crippen MR) is 63.7 cm³/mol. The van der Waals surface area contributed by atoms with Crippen LogP contribution in [0.2, 0.25) is 0 Å². The van der Waals surface area contributed by atoms with Crippen LogP contribution in [0.4, 0.5) is 8.78 Å². The maximum Gasteiger partial charge on any atom is 0.170 e. The molecule has 1 aromatic carbocycles. The number of hydrogen-bond acceptors (Lipinski definition) is 4. The Balaban J connectivity index is 1.92. The number of aryl methyl sites for hydroxylation is 1. The van der Waals surface area contributed by atoms with Crippen LogP contribution < -0.4 is 5.32 Å². The molecule has 0 bridgehead atoms. The van der Waals surface area contributed by atoms with E-state index < -0.39 is 11.6 Å². The number of aromatic nitrogens is 4. The van der Waals surface area contributed by atoms with E-state index in [-0.39, 0.29) is 11.3 Å². The van der Waals surface area contributed by atoms with Crippen molar-refractivity contribution in [2.45, 2.75) is 32.4 Å². The molecule has 0 unspecified atom stereocenters. The highest BCUT2D eigenvalue weighted by atomic mass is 19.1. The van der Waals surface area contributed by atoms with Gasteiger partial charge in [0.15, 0.2) is 5.82 Å². The average molecular weight is 265 g/mol. The van der Waals surface area contributed by atoms with Gasteiger partial charge in [-0.2, -0.15) is 4.68 Å². The smallest absolute Gasteiger partial charge is 0.170 e. The lowest BCUT2D eigenvalue weighted by Gasteiger charge is -2.07. The van der Waals surface area contributed by atoms with Crippen LogP contribution in [-0.4, -0.2) is 26.2 Å². The Labute approximate surface area is 108 Å². The van der Waals surface area contributed by atoms with Gasteiger partial charge in [0.1, 0.15) is 17.3 Å². The van der Waals surface area contributed by atoms with Crippen LogP contribution in [0.5, 0.6) is 0 Å². The third-order valence-corrected chi connectivity index (χ3v) is 3.12. The number of benzene rings is 1. The van der Waals surface area contributed by atoms with Crippen molar-refractivity contribution >= 4 is 0 Å². The fraction of sp³-hybridized carbons (Fsp3) is 0.417. The Bertz CT molecular complexity index is 606. The second-order valence-corrected chi connectivity index (χ2v) is 4.71. The predicted octanol–water partition coefficient (Wildman–Crippen LogP) is 1.50. The summed E-state index contributed by atoms with van der Waals surface area (Å²) < 4.78 is 28.7. The van der Waals surface area contributed by atoms with Crippen molar-refractivity contribution in [3.05, 3.63) is 35.2 Å². The number of tetrazole rings is 1. The Morgan fingerprint density at radius 1 is 1.32 bits per heavy atom. The van der Waals surface area contributed by atoms with E-state index in [1.54, 1.807) is 0 Å². The highest BCUT2D eigenvalue weighted by Gasteiger charge is 2.22. The molecule has 19 heavy (non-hydrogen) atoms. The van der Waals surface area contributed by atoms with Crippen LogP contribution in [0.1, 0.15) is 24.2 Å². The lowest BCUT2D eigenvalue weighted by molar-refractivity contribution is 0.568. The topological polar surface area (TPSA) is 55.6 Å². The van der Waals surface area contributed by atoms with Crippen LogP contribution in [0.25, 0.3) is 5.69 Å². The summed E-state index contributed by atoms with van der Waals surface area (Å²) >= 11 is 0. The molecule has 7 heteroatoms. The first-order valence-electron chi connectivity index (χ1n) is 6.12.